The molecule has 3 nitrogen and oxygen atoms in total. The Labute approximate surface area is 77.7 Å². The van der Waals surface area contributed by atoms with Crippen LogP contribution in [0.15, 0.2) is 22.8 Å². The molecule has 1 aromatic carbocycles. The van der Waals surface area contributed by atoms with Crippen molar-refractivity contribution in [1.29, 1.82) is 0 Å². The number of aromatic hydroxyl groups is 1. The number of aromatic nitrogens is 2. The number of aryl methyl sites for hydroxylation is 1. The van der Waals surface area contributed by atoms with Gasteiger partial charge in [-0.3, -0.25) is 4.68 Å². The summed E-state index contributed by atoms with van der Waals surface area (Å²) in [5.41, 5.74) is 0.993. The monoisotopic (exact) mass is 226 g/mol. The van der Waals surface area contributed by atoms with E-state index in [1.54, 1.807) is 23.0 Å². The van der Waals surface area contributed by atoms with Crippen molar-refractivity contribution in [1.82, 2.24) is 9.78 Å². The van der Waals surface area contributed by atoms with Crippen molar-refractivity contribution in [3.05, 3.63) is 22.8 Å². The summed E-state index contributed by atoms with van der Waals surface area (Å²) in [7, 11) is 1.87. The van der Waals surface area contributed by atoms with E-state index in [-0.39, 0.29) is 5.75 Å². The van der Waals surface area contributed by atoms with Crippen molar-refractivity contribution in [2.45, 2.75) is 0 Å². The van der Waals surface area contributed by atoms with Crippen LogP contribution in [0.4, 0.5) is 0 Å². The summed E-state index contributed by atoms with van der Waals surface area (Å²) >= 11 is 3.36. The zero-order valence-electron chi connectivity index (χ0n) is 6.45. The highest BCUT2D eigenvalue weighted by molar-refractivity contribution is 9.10. The lowest BCUT2D eigenvalue weighted by molar-refractivity contribution is 0.476. The fourth-order valence-electron chi connectivity index (χ4n) is 1.25. The molecule has 0 radical (unpaired) electrons. The number of benzene rings is 1. The fourth-order valence-corrected chi connectivity index (χ4v) is 1.97. The molecule has 0 atom stereocenters. The van der Waals surface area contributed by atoms with Gasteiger partial charge in [0.2, 0.25) is 0 Å². The minimum absolute atomic E-state index is 0.252. The van der Waals surface area contributed by atoms with Crippen LogP contribution in [0, 0.1) is 0 Å². The third kappa shape index (κ3) is 0.992. The summed E-state index contributed by atoms with van der Waals surface area (Å²) in [5.74, 6) is 0.252. The minimum atomic E-state index is 0.252. The molecule has 0 fully saturated rings. The molecule has 2 rings (SSSR count). The molecule has 0 saturated heterocycles. The molecule has 62 valence electrons. The lowest BCUT2D eigenvalue weighted by Gasteiger charge is -1.98. The van der Waals surface area contributed by atoms with Gasteiger partial charge in [-0.1, -0.05) is 0 Å². The standard InChI is InChI=1S/C8H7BrN2O/c1-11-8-5(4-10-11)2-6(12)3-7(8)9/h2-4,12H,1H3. The van der Waals surface area contributed by atoms with E-state index in [1.807, 2.05) is 7.05 Å². The summed E-state index contributed by atoms with van der Waals surface area (Å²) in [6, 6.07) is 3.34. The summed E-state index contributed by atoms with van der Waals surface area (Å²) in [4.78, 5) is 0. The Balaban J connectivity index is 2.93. The highest BCUT2D eigenvalue weighted by atomic mass is 79.9. The molecule has 1 aromatic heterocycles. The normalized spacial score (nSPS) is 10.8. The molecule has 0 aliphatic carbocycles. The molecule has 12 heavy (non-hydrogen) atoms. The molecule has 0 bridgehead atoms. The largest absolute Gasteiger partial charge is 0.508 e. The number of phenolic OH excluding ortho intramolecular Hbond substituents is 1. The molecule has 0 aliphatic heterocycles. The van der Waals surface area contributed by atoms with Crippen LogP contribution in [0.2, 0.25) is 0 Å². The highest BCUT2D eigenvalue weighted by Gasteiger charge is 2.04. The summed E-state index contributed by atoms with van der Waals surface area (Å²) in [6.07, 6.45) is 1.72. The summed E-state index contributed by atoms with van der Waals surface area (Å²) in [5, 5.41) is 14.3. The molecular formula is C8H7BrN2O. The second-order valence-electron chi connectivity index (χ2n) is 2.63. The van der Waals surface area contributed by atoms with Gasteiger partial charge in [0, 0.05) is 16.9 Å². The first kappa shape index (κ1) is 7.61. The van der Waals surface area contributed by atoms with Gasteiger partial charge >= 0.3 is 0 Å². The number of hydrogen-bond donors (Lipinski definition) is 1. The van der Waals surface area contributed by atoms with E-state index < -0.39 is 0 Å². The fraction of sp³-hybridized carbons (Fsp3) is 0.125. The Morgan fingerprint density at radius 3 is 3.00 bits per heavy atom. The lowest BCUT2D eigenvalue weighted by Crippen LogP contribution is -1.89. The number of fused-ring (bicyclic) bond motifs is 1. The van der Waals surface area contributed by atoms with Crippen molar-refractivity contribution in [2.75, 3.05) is 0 Å². The van der Waals surface area contributed by atoms with E-state index in [2.05, 4.69) is 21.0 Å². The van der Waals surface area contributed by atoms with Crippen molar-refractivity contribution >= 4 is 26.8 Å². The molecule has 2 aromatic rings. The van der Waals surface area contributed by atoms with Gasteiger partial charge in [0.1, 0.15) is 5.75 Å². The van der Waals surface area contributed by atoms with Crippen LogP contribution >= 0.6 is 15.9 Å². The first-order chi connectivity index (χ1) is 5.68. The summed E-state index contributed by atoms with van der Waals surface area (Å²) < 4.78 is 2.62. The predicted octanol–water partition coefficient (Wildman–Crippen LogP) is 2.04. The van der Waals surface area contributed by atoms with Crippen LogP contribution in [0.3, 0.4) is 0 Å². The number of phenols is 1. The Morgan fingerprint density at radius 1 is 1.50 bits per heavy atom. The summed E-state index contributed by atoms with van der Waals surface area (Å²) in [6.45, 7) is 0. The maximum absolute atomic E-state index is 9.25. The van der Waals surface area contributed by atoms with Gasteiger partial charge in [0.25, 0.3) is 0 Å². The minimum Gasteiger partial charge on any atom is -0.508 e. The van der Waals surface area contributed by atoms with E-state index in [1.165, 1.54) is 0 Å². The quantitative estimate of drug-likeness (QED) is 0.747. The molecule has 0 aliphatic rings. The second-order valence-corrected chi connectivity index (χ2v) is 3.49. The van der Waals surface area contributed by atoms with Gasteiger partial charge in [0.15, 0.2) is 0 Å². The van der Waals surface area contributed by atoms with E-state index in [0.717, 1.165) is 15.4 Å². The van der Waals surface area contributed by atoms with Crippen molar-refractivity contribution in [2.24, 2.45) is 7.05 Å². The third-order valence-electron chi connectivity index (χ3n) is 1.77. The lowest BCUT2D eigenvalue weighted by atomic mass is 10.2. The van der Waals surface area contributed by atoms with Crippen LogP contribution in [0.25, 0.3) is 10.9 Å². The van der Waals surface area contributed by atoms with Crippen LogP contribution in [-0.4, -0.2) is 14.9 Å². The zero-order valence-corrected chi connectivity index (χ0v) is 8.04. The van der Waals surface area contributed by atoms with E-state index >= 15 is 0 Å². The number of halogens is 1. The van der Waals surface area contributed by atoms with Crippen molar-refractivity contribution in [3.8, 4) is 5.75 Å². The van der Waals surface area contributed by atoms with E-state index in [0.29, 0.717) is 0 Å². The topological polar surface area (TPSA) is 38.0 Å². The number of hydrogen-bond acceptors (Lipinski definition) is 2. The van der Waals surface area contributed by atoms with Gasteiger partial charge in [-0.2, -0.15) is 5.10 Å². The first-order valence-corrected chi connectivity index (χ1v) is 4.28. The molecule has 0 saturated carbocycles. The predicted molar refractivity (Wildman–Crippen MR) is 50.1 cm³/mol. The van der Waals surface area contributed by atoms with Crippen LogP contribution in [0.1, 0.15) is 0 Å². The molecule has 0 spiro atoms. The average Bonchev–Trinajstić information content (AvgIpc) is 2.31. The van der Waals surface area contributed by atoms with Gasteiger partial charge in [-0.25, -0.2) is 0 Å². The van der Waals surface area contributed by atoms with Gasteiger partial charge in [-0.15, -0.1) is 0 Å². The Bertz CT molecular complexity index is 436. The molecule has 1 N–H and O–H groups in total. The average molecular weight is 227 g/mol. The van der Waals surface area contributed by atoms with Gasteiger partial charge in [0.05, 0.1) is 11.7 Å². The van der Waals surface area contributed by atoms with Crippen LogP contribution < -0.4 is 0 Å². The molecule has 0 unspecified atom stereocenters. The highest BCUT2D eigenvalue weighted by Crippen LogP contribution is 2.27. The number of nitrogens with zero attached hydrogens (tertiary/aromatic N) is 2. The Kier molecular flexibility index (Phi) is 1.58. The number of rotatable bonds is 0. The molecular weight excluding hydrogens is 220 g/mol. The van der Waals surface area contributed by atoms with Crippen LogP contribution in [-0.2, 0) is 7.05 Å². The maximum atomic E-state index is 9.25. The Morgan fingerprint density at radius 2 is 2.25 bits per heavy atom. The van der Waals surface area contributed by atoms with Gasteiger partial charge in [-0.05, 0) is 28.1 Å². The van der Waals surface area contributed by atoms with Crippen molar-refractivity contribution < 1.29 is 5.11 Å². The second kappa shape index (κ2) is 2.48. The van der Waals surface area contributed by atoms with Gasteiger partial charge < -0.3 is 5.11 Å². The maximum Gasteiger partial charge on any atom is 0.117 e. The Hall–Kier alpha value is -1.03. The third-order valence-corrected chi connectivity index (χ3v) is 2.38. The molecule has 4 heteroatoms. The first-order valence-electron chi connectivity index (χ1n) is 3.48. The SMILES string of the molecule is Cn1ncc2cc(O)cc(Br)c21. The van der Waals surface area contributed by atoms with Crippen LogP contribution in [0.5, 0.6) is 5.75 Å². The van der Waals surface area contributed by atoms with Crippen molar-refractivity contribution in [3.63, 3.8) is 0 Å². The zero-order chi connectivity index (χ0) is 8.72. The molecule has 0 amide bonds. The smallest absolute Gasteiger partial charge is 0.117 e. The molecule has 1 heterocycles. The van der Waals surface area contributed by atoms with E-state index in [9.17, 15) is 5.11 Å². The van der Waals surface area contributed by atoms with E-state index in [4.69, 9.17) is 0 Å².